The van der Waals surface area contributed by atoms with Crippen LogP contribution in [0.5, 0.6) is 0 Å². The fourth-order valence-electron chi connectivity index (χ4n) is 2.24. The van der Waals surface area contributed by atoms with E-state index in [4.69, 9.17) is 0 Å². The third-order valence-corrected chi connectivity index (χ3v) is 6.05. The second kappa shape index (κ2) is 7.37. The molecule has 26 heavy (non-hydrogen) atoms. The standard InChI is InChI=1S/C16H19FN4O3S2/c1-9(2)7-14-19-20-16(25-14)18-15(22)10-3-6-12(17)13(8-10)26(23,24)21-11-4-5-11/h3,6,8-9,11,21H,4-5,7H2,1-2H3,(H,18,20,22). The number of benzene rings is 1. The second-order valence-electron chi connectivity index (χ2n) is 6.59. The van der Waals surface area contributed by atoms with Crippen LogP contribution in [0.25, 0.3) is 0 Å². The Bertz CT molecular complexity index is 923. The first-order valence-corrected chi connectivity index (χ1v) is 10.5. The van der Waals surface area contributed by atoms with Gasteiger partial charge in [-0.25, -0.2) is 17.5 Å². The molecule has 1 aliphatic carbocycles. The minimum absolute atomic E-state index is 0.0307. The molecule has 3 rings (SSSR count). The maximum Gasteiger partial charge on any atom is 0.257 e. The summed E-state index contributed by atoms with van der Waals surface area (Å²) in [5.74, 6) is -1.06. The summed E-state index contributed by atoms with van der Waals surface area (Å²) in [6, 6.07) is 3.08. The SMILES string of the molecule is CC(C)Cc1nnc(NC(=O)c2ccc(F)c(S(=O)(=O)NC3CC3)c2)s1. The van der Waals surface area contributed by atoms with Gasteiger partial charge in [-0.1, -0.05) is 25.2 Å². The van der Waals surface area contributed by atoms with E-state index < -0.39 is 26.6 Å². The van der Waals surface area contributed by atoms with Gasteiger partial charge in [-0.3, -0.25) is 10.1 Å². The smallest absolute Gasteiger partial charge is 0.257 e. The lowest BCUT2D eigenvalue weighted by molar-refractivity contribution is 0.102. The van der Waals surface area contributed by atoms with Crippen molar-refractivity contribution in [3.63, 3.8) is 0 Å². The molecular weight excluding hydrogens is 379 g/mol. The van der Waals surface area contributed by atoms with Gasteiger partial charge in [0.25, 0.3) is 5.91 Å². The van der Waals surface area contributed by atoms with Gasteiger partial charge in [0.1, 0.15) is 15.7 Å². The maximum absolute atomic E-state index is 14.0. The number of anilines is 1. The zero-order valence-corrected chi connectivity index (χ0v) is 16.0. The molecule has 2 N–H and O–H groups in total. The maximum atomic E-state index is 14.0. The monoisotopic (exact) mass is 398 g/mol. The Morgan fingerprint density at radius 3 is 2.73 bits per heavy atom. The second-order valence-corrected chi connectivity index (χ2v) is 9.34. The van der Waals surface area contributed by atoms with E-state index in [1.165, 1.54) is 17.4 Å². The van der Waals surface area contributed by atoms with Crippen LogP contribution in [-0.4, -0.2) is 30.6 Å². The number of hydrogen-bond acceptors (Lipinski definition) is 6. The summed E-state index contributed by atoms with van der Waals surface area (Å²) < 4.78 is 40.9. The molecule has 1 aromatic heterocycles. The number of carbonyl (C=O) groups excluding carboxylic acids is 1. The Hall–Kier alpha value is -1.91. The summed E-state index contributed by atoms with van der Waals surface area (Å²) in [6.07, 6.45) is 2.22. The molecule has 10 heteroatoms. The van der Waals surface area contributed by atoms with Crippen molar-refractivity contribution in [3.05, 3.63) is 34.6 Å². The molecular formula is C16H19FN4O3S2. The number of halogens is 1. The van der Waals surface area contributed by atoms with Crippen LogP contribution in [0, 0.1) is 11.7 Å². The highest BCUT2D eigenvalue weighted by Crippen LogP contribution is 2.24. The van der Waals surface area contributed by atoms with Crippen LogP contribution < -0.4 is 10.0 Å². The van der Waals surface area contributed by atoms with E-state index in [1.54, 1.807) is 0 Å². The largest absolute Gasteiger partial charge is 0.296 e. The molecule has 0 saturated heterocycles. The van der Waals surface area contributed by atoms with Gasteiger partial charge in [0, 0.05) is 18.0 Å². The van der Waals surface area contributed by atoms with Gasteiger partial charge in [0.15, 0.2) is 0 Å². The zero-order chi connectivity index (χ0) is 18.9. The van der Waals surface area contributed by atoms with E-state index in [0.717, 1.165) is 36.4 Å². The van der Waals surface area contributed by atoms with Gasteiger partial charge in [0.2, 0.25) is 15.2 Å². The summed E-state index contributed by atoms with van der Waals surface area (Å²) in [6.45, 7) is 4.10. The minimum Gasteiger partial charge on any atom is -0.296 e. The van der Waals surface area contributed by atoms with E-state index >= 15 is 0 Å². The van der Waals surface area contributed by atoms with Crippen LogP contribution >= 0.6 is 11.3 Å². The van der Waals surface area contributed by atoms with Crippen LogP contribution in [0.2, 0.25) is 0 Å². The molecule has 0 unspecified atom stereocenters. The van der Waals surface area contributed by atoms with Crippen molar-refractivity contribution in [1.29, 1.82) is 0 Å². The lowest BCUT2D eigenvalue weighted by Gasteiger charge is -2.08. The lowest BCUT2D eigenvalue weighted by Crippen LogP contribution is -2.27. The van der Waals surface area contributed by atoms with Crippen molar-refractivity contribution >= 4 is 32.4 Å². The predicted octanol–water partition coefficient (Wildman–Crippen LogP) is 2.57. The Morgan fingerprint density at radius 1 is 1.35 bits per heavy atom. The van der Waals surface area contributed by atoms with E-state index in [1.807, 2.05) is 0 Å². The van der Waals surface area contributed by atoms with Crippen LogP contribution in [0.4, 0.5) is 9.52 Å². The summed E-state index contributed by atoms with van der Waals surface area (Å²) in [4.78, 5) is 11.8. The average molecular weight is 398 g/mol. The molecule has 1 saturated carbocycles. The Labute approximate surface area is 155 Å². The number of nitrogens with one attached hydrogen (secondary N) is 2. The van der Waals surface area contributed by atoms with Crippen molar-refractivity contribution in [3.8, 4) is 0 Å². The third-order valence-electron chi connectivity index (χ3n) is 3.65. The summed E-state index contributed by atoms with van der Waals surface area (Å²) >= 11 is 1.25. The molecule has 0 aliphatic heterocycles. The number of amides is 1. The predicted molar refractivity (Wildman–Crippen MR) is 96.1 cm³/mol. The number of carbonyl (C=O) groups is 1. The number of hydrogen-bond donors (Lipinski definition) is 2. The minimum atomic E-state index is -4.00. The molecule has 1 aromatic carbocycles. The lowest BCUT2D eigenvalue weighted by atomic mass is 10.1. The first-order valence-electron chi connectivity index (χ1n) is 8.20. The number of rotatable bonds is 7. The van der Waals surface area contributed by atoms with E-state index in [2.05, 4.69) is 34.1 Å². The van der Waals surface area contributed by atoms with Gasteiger partial charge in [0.05, 0.1) is 0 Å². The number of sulfonamides is 1. The molecule has 2 aromatic rings. The van der Waals surface area contributed by atoms with Crippen LogP contribution in [0.1, 0.15) is 42.1 Å². The molecule has 1 heterocycles. The third kappa shape index (κ3) is 4.63. The average Bonchev–Trinajstić information content (AvgIpc) is 3.24. The van der Waals surface area contributed by atoms with E-state index in [-0.39, 0.29) is 11.6 Å². The summed E-state index contributed by atoms with van der Waals surface area (Å²) in [5, 5.41) is 11.6. The van der Waals surface area contributed by atoms with Crippen LogP contribution in [0.15, 0.2) is 23.1 Å². The molecule has 1 amide bonds. The van der Waals surface area contributed by atoms with Gasteiger partial charge in [-0.2, -0.15) is 0 Å². The Morgan fingerprint density at radius 2 is 2.08 bits per heavy atom. The van der Waals surface area contributed by atoms with E-state index in [0.29, 0.717) is 11.0 Å². The topological polar surface area (TPSA) is 101 Å². The van der Waals surface area contributed by atoms with Crippen LogP contribution in [-0.2, 0) is 16.4 Å². The molecule has 1 fully saturated rings. The van der Waals surface area contributed by atoms with Crippen molar-refractivity contribution in [2.45, 2.75) is 44.0 Å². The van der Waals surface area contributed by atoms with Crippen molar-refractivity contribution in [1.82, 2.24) is 14.9 Å². The molecule has 7 nitrogen and oxygen atoms in total. The normalized spacial score (nSPS) is 14.6. The first kappa shape index (κ1) is 18.9. The summed E-state index contributed by atoms with van der Waals surface area (Å²) in [7, 11) is -4.00. The molecule has 140 valence electrons. The molecule has 1 aliphatic rings. The molecule has 0 radical (unpaired) electrons. The zero-order valence-electron chi connectivity index (χ0n) is 14.3. The number of aromatic nitrogens is 2. The van der Waals surface area contributed by atoms with Gasteiger partial charge in [-0.05, 0) is 37.0 Å². The van der Waals surface area contributed by atoms with E-state index in [9.17, 15) is 17.6 Å². The quantitative estimate of drug-likeness (QED) is 0.746. The molecule has 0 bridgehead atoms. The molecule has 0 atom stereocenters. The van der Waals surface area contributed by atoms with Crippen LogP contribution in [0.3, 0.4) is 0 Å². The Balaban J connectivity index is 1.77. The highest BCUT2D eigenvalue weighted by atomic mass is 32.2. The molecule has 0 spiro atoms. The van der Waals surface area contributed by atoms with Gasteiger partial charge in [-0.15, -0.1) is 10.2 Å². The highest BCUT2D eigenvalue weighted by Gasteiger charge is 2.30. The first-order chi connectivity index (χ1) is 12.2. The van der Waals surface area contributed by atoms with Crippen molar-refractivity contribution in [2.24, 2.45) is 5.92 Å². The Kier molecular flexibility index (Phi) is 5.35. The van der Waals surface area contributed by atoms with Gasteiger partial charge < -0.3 is 0 Å². The fourth-order valence-corrected chi connectivity index (χ4v) is 4.60. The fraction of sp³-hybridized carbons (Fsp3) is 0.438. The number of nitrogens with zero attached hydrogens (tertiary/aromatic N) is 2. The summed E-state index contributed by atoms with van der Waals surface area (Å²) in [5.41, 5.74) is 0.0307. The van der Waals surface area contributed by atoms with Crippen molar-refractivity contribution in [2.75, 3.05) is 5.32 Å². The van der Waals surface area contributed by atoms with Gasteiger partial charge >= 0.3 is 0 Å². The highest BCUT2D eigenvalue weighted by molar-refractivity contribution is 7.89. The van der Waals surface area contributed by atoms with Crippen molar-refractivity contribution < 1.29 is 17.6 Å².